The Morgan fingerprint density at radius 3 is 2.12 bits per heavy atom. The van der Waals surface area contributed by atoms with Gasteiger partial charge < -0.3 is 0 Å². The summed E-state index contributed by atoms with van der Waals surface area (Å²) in [5.41, 5.74) is 1.22. The van der Waals surface area contributed by atoms with Crippen LogP contribution in [0.25, 0.3) is 0 Å². The zero-order valence-corrected chi connectivity index (χ0v) is 8.45. The molecule has 0 N–H and O–H groups in total. The largest absolute Gasteiger partial charge is 0.298 e. The second kappa shape index (κ2) is 6.85. The second-order valence-corrected chi connectivity index (χ2v) is 2.77. The Labute approximate surface area is 93.2 Å². The van der Waals surface area contributed by atoms with Gasteiger partial charge in [0, 0.05) is 18.0 Å². The Morgan fingerprint density at radius 1 is 1.12 bits per heavy atom. The first kappa shape index (κ1) is 11.5. The van der Waals surface area contributed by atoms with Gasteiger partial charge in [-0.15, -0.1) is 0 Å². The molecule has 4 heteroatoms. The van der Waals surface area contributed by atoms with Gasteiger partial charge in [0.05, 0.1) is 5.56 Å². The monoisotopic (exact) mass is 211 g/mol. The van der Waals surface area contributed by atoms with Gasteiger partial charge >= 0.3 is 0 Å². The van der Waals surface area contributed by atoms with Crippen molar-refractivity contribution in [2.24, 2.45) is 0 Å². The topological polar surface area (TPSA) is 66.6 Å². The number of hydrogen-bond acceptors (Lipinski definition) is 4. The Bertz CT molecular complexity index is 463. The lowest BCUT2D eigenvalue weighted by Gasteiger charge is -1.81. The van der Waals surface area contributed by atoms with Crippen LogP contribution < -0.4 is 0 Å². The van der Waals surface area contributed by atoms with Gasteiger partial charge in [0.1, 0.15) is 18.7 Å². The quantitative estimate of drug-likeness (QED) is 0.675. The van der Waals surface area contributed by atoms with Crippen LogP contribution in [0.3, 0.4) is 0 Å². The number of carbonyl (C=O) groups is 1. The molecule has 0 aliphatic carbocycles. The van der Waals surface area contributed by atoms with Crippen molar-refractivity contribution < 1.29 is 4.79 Å². The van der Waals surface area contributed by atoms with E-state index in [9.17, 15) is 4.79 Å². The van der Waals surface area contributed by atoms with Crippen molar-refractivity contribution in [1.82, 2.24) is 9.97 Å². The molecule has 1 aromatic carbocycles. The minimum absolute atomic E-state index is 0.493. The molecule has 2 aromatic rings. The second-order valence-electron chi connectivity index (χ2n) is 2.77. The molecular formula is C12H9N3O. The third kappa shape index (κ3) is 4.11. The molecule has 0 bridgehead atoms. The van der Waals surface area contributed by atoms with Gasteiger partial charge in [-0.3, -0.25) is 4.79 Å². The highest BCUT2D eigenvalue weighted by atomic mass is 16.1. The average molecular weight is 211 g/mol. The summed E-state index contributed by atoms with van der Waals surface area (Å²) in [6.07, 6.45) is 5.15. The molecule has 0 radical (unpaired) electrons. The van der Waals surface area contributed by atoms with E-state index >= 15 is 0 Å². The average Bonchev–Trinajstić information content (AvgIpc) is 2.41. The Balaban J connectivity index is 0.000000160. The van der Waals surface area contributed by atoms with E-state index in [0.29, 0.717) is 5.56 Å². The number of benzene rings is 1. The number of hydrogen-bond donors (Lipinski definition) is 0. The predicted molar refractivity (Wildman–Crippen MR) is 58.6 cm³/mol. The number of nitrogens with zero attached hydrogens (tertiary/aromatic N) is 3. The van der Waals surface area contributed by atoms with E-state index in [-0.39, 0.29) is 0 Å². The van der Waals surface area contributed by atoms with Gasteiger partial charge in [-0.05, 0) is 0 Å². The first-order valence-corrected chi connectivity index (χ1v) is 4.52. The summed E-state index contributed by atoms with van der Waals surface area (Å²) < 4.78 is 0. The van der Waals surface area contributed by atoms with E-state index in [1.807, 2.05) is 24.3 Å². The Kier molecular flexibility index (Phi) is 4.94. The van der Waals surface area contributed by atoms with Gasteiger partial charge in [0.15, 0.2) is 0 Å². The highest BCUT2D eigenvalue weighted by Gasteiger charge is 1.82. The molecular weight excluding hydrogens is 202 g/mol. The molecule has 0 aliphatic rings. The summed E-state index contributed by atoms with van der Waals surface area (Å²) in [4.78, 5) is 17.3. The molecule has 1 aromatic heterocycles. The maximum absolute atomic E-state index is 10.0. The standard InChI is InChI=1S/C7H6O.C5H3N3/c8-6-7-4-2-1-3-5-7;6-1-5-2-7-4-8-3-5/h1-6H;2-4H. The zero-order valence-electron chi connectivity index (χ0n) is 8.45. The molecule has 2 rings (SSSR count). The molecule has 1 heterocycles. The van der Waals surface area contributed by atoms with Crippen LogP contribution in [0.15, 0.2) is 49.1 Å². The Hall–Kier alpha value is -2.54. The minimum Gasteiger partial charge on any atom is -0.298 e. The lowest BCUT2D eigenvalue weighted by Crippen LogP contribution is -1.77. The van der Waals surface area contributed by atoms with Crippen molar-refractivity contribution in [1.29, 1.82) is 5.26 Å². The summed E-state index contributed by atoms with van der Waals surface area (Å²) >= 11 is 0. The maximum Gasteiger partial charge on any atom is 0.150 e. The van der Waals surface area contributed by atoms with Crippen molar-refractivity contribution in [2.75, 3.05) is 0 Å². The van der Waals surface area contributed by atoms with Crippen molar-refractivity contribution in [3.63, 3.8) is 0 Å². The van der Waals surface area contributed by atoms with Crippen LogP contribution in [-0.4, -0.2) is 16.3 Å². The van der Waals surface area contributed by atoms with E-state index in [2.05, 4.69) is 9.97 Å². The third-order valence-corrected chi connectivity index (χ3v) is 1.63. The molecule has 0 fully saturated rings. The molecule has 0 amide bonds. The molecule has 16 heavy (non-hydrogen) atoms. The number of carbonyl (C=O) groups excluding carboxylic acids is 1. The van der Waals surface area contributed by atoms with Crippen LogP contribution >= 0.6 is 0 Å². The number of aldehydes is 1. The lowest BCUT2D eigenvalue weighted by molar-refractivity contribution is 0.112. The summed E-state index contributed by atoms with van der Waals surface area (Å²) in [5, 5.41) is 8.21. The fourth-order valence-corrected chi connectivity index (χ4v) is 0.888. The first-order chi connectivity index (χ1) is 7.86. The molecule has 0 unspecified atom stereocenters. The van der Waals surface area contributed by atoms with Crippen LogP contribution in [0.4, 0.5) is 0 Å². The molecule has 0 atom stereocenters. The van der Waals surface area contributed by atoms with Crippen molar-refractivity contribution in [2.45, 2.75) is 0 Å². The molecule has 0 saturated carbocycles. The maximum atomic E-state index is 10.0. The minimum atomic E-state index is 0.493. The van der Waals surface area contributed by atoms with Crippen molar-refractivity contribution >= 4 is 6.29 Å². The van der Waals surface area contributed by atoms with Crippen LogP contribution in [-0.2, 0) is 0 Å². The fourth-order valence-electron chi connectivity index (χ4n) is 0.888. The van der Waals surface area contributed by atoms with E-state index in [0.717, 1.165) is 11.8 Å². The van der Waals surface area contributed by atoms with Gasteiger partial charge in [-0.25, -0.2) is 9.97 Å². The van der Waals surface area contributed by atoms with Crippen LogP contribution in [0.5, 0.6) is 0 Å². The van der Waals surface area contributed by atoms with Crippen molar-refractivity contribution in [3.8, 4) is 6.07 Å². The molecule has 0 spiro atoms. The highest BCUT2D eigenvalue weighted by molar-refractivity contribution is 5.74. The van der Waals surface area contributed by atoms with E-state index in [1.165, 1.54) is 18.7 Å². The first-order valence-electron chi connectivity index (χ1n) is 4.52. The molecule has 0 aliphatic heterocycles. The van der Waals surface area contributed by atoms with Crippen molar-refractivity contribution in [3.05, 3.63) is 60.2 Å². The zero-order chi connectivity index (χ0) is 11.6. The molecule has 0 saturated heterocycles. The van der Waals surface area contributed by atoms with Crippen LogP contribution in [0.1, 0.15) is 15.9 Å². The van der Waals surface area contributed by atoms with Gasteiger partial charge in [-0.2, -0.15) is 5.26 Å². The van der Waals surface area contributed by atoms with Gasteiger partial charge in [0.25, 0.3) is 0 Å². The molecule has 78 valence electrons. The lowest BCUT2D eigenvalue weighted by atomic mass is 10.2. The summed E-state index contributed by atoms with van der Waals surface area (Å²) in [7, 11) is 0. The number of nitriles is 1. The predicted octanol–water partition coefficient (Wildman–Crippen LogP) is 1.85. The number of aromatic nitrogens is 2. The van der Waals surface area contributed by atoms with Gasteiger partial charge in [-0.1, -0.05) is 30.3 Å². The summed E-state index contributed by atoms with van der Waals surface area (Å²) in [5.74, 6) is 0. The van der Waals surface area contributed by atoms with Crippen LogP contribution in [0, 0.1) is 11.3 Å². The Morgan fingerprint density at radius 2 is 1.75 bits per heavy atom. The van der Waals surface area contributed by atoms with E-state index in [1.54, 1.807) is 12.1 Å². The highest BCUT2D eigenvalue weighted by Crippen LogP contribution is 1.91. The third-order valence-electron chi connectivity index (χ3n) is 1.63. The van der Waals surface area contributed by atoms with E-state index < -0.39 is 0 Å². The summed E-state index contributed by atoms with van der Waals surface area (Å²) in [6, 6.07) is 11.0. The van der Waals surface area contributed by atoms with Gasteiger partial charge in [0.2, 0.25) is 0 Å². The SMILES string of the molecule is N#Cc1cncnc1.O=Cc1ccccc1. The fraction of sp³-hybridized carbons (Fsp3) is 0. The normalized spacial score (nSPS) is 8.19. The molecule has 4 nitrogen and oxygen atoms in total. The number of rotatable bonds is 1. The van der Waals surface area contributed by atoms with Crippen LogP contribution in [0.2, 0.25) is 0 Å². The smallest absolute Gasteiger partial charge is 0.150 e. The summed E-state index contributed by atoms with van der Waals surface area (Å²) in [6.45, 7) is 0. The van der Waals surface area contributed by atoms with E-state index in [4.69, 9.17) is 5.26 Å².